The van der Waals surface area contributed by atoms with E-state index in [2.05, 4.69) is 4.74 Å². The standard InChI is InChI=1S/C5H8O2/c1-7-5(6)4-2-3-4/h6H,2-3H2,1H3. The molecule has 0 radical (unpaired) electrons. The lowest BCUT2D eigenvalue weighted by molar-refractivity contribution is 0.134. The molecule has 1 aliphatic rings. The third-order valence-electron chi connectivity index (χ3n) is 0.996. The highest BCUT2D eigenvalue weighted by Crippen LogP contribution is 2.30. The topological polar surface area (TPSA) is 29.5 Å². The first-order valence-electron chi connectivity index (χ1n) is 2.29. The molecule has 0 saturated heterocycles. The van der Waals surface area contributed by atoms with E-state index >= 15 is 0 Å². The highest BCUT2D eigenvalue weighted by Gasteiger charge is 2.17. The van der Waals surface area contributed by atoms with Crippen molar-refractivity contribution in [1.29, 1.82) is 0 Å². The van der Waals surface area contributed by atoms with E-state index in [1.165, 1.54) is 7.11 Å². The molecule has 0 heterocycles. The maximum atomic E-state index is 8.66. The van der Waals surface area contributed by atoms with Crippen LogP contribution >= 0.6 is 0 Å². The third-order valence-corrected chi connectivity index (χ3v) is 0.996. The predicted molar refractivity (Wildman–Crippen MR) is 25.9 cm³/mol. The minimum atomic E-state index is 0.125. The first kappa shape index (κ1) is 4.50. The summed E-state index contributed by atoms with van der Waals surface area (Å²) < 4.78 is 4.51. The van der Waals surface area contributed by atoms with Crippen LogP contribution in [-0.2, 0) is 4.74 Å². The molecule has 1 N–H and O–H groups in total. The summed E-state index contributed by atoms with van der Waals surface area (Å²) in [6.45, 7) is 0. The smallest absolute Gasteiger partial charge is 0.275 e. The molecule has 0 bridgehead atoms. The molecule has 0 unspecified atom stereocenters. The van der Waals surface area contributed by atoms with E-state index in [0.717, 1.165) is 18.4 Å². The van der Waals surface area contributed by atoms with Crippen LogP contribution in [0.15, 0.2) is 11.5 Å². The number of rotatable bonds is 1. The lowest BCUT2D eigenvalue weighted by Crippen LogP contribution is -1.80. The number of allylic oxidation sites excluding steroid dienone is 1. The van der Waals surface area contributed by atoms with Crippen LogP contribution in [0, 0.1) is 0 Å². The Morgan fingerprint density at radius 2 is 2.29 bits per heavy atom. The third kappa shape index (κ3) is 0.856. The van der Waals surface area contributed by atoms with Crippen molar-refractivity contribution in [2.75, 3.05) is 7.11 Å². The maximum absolute atomic E-state index is 8.66. The Kier molecular flexibility index (Phi) is 0.929. The number of hydrogen-bond acceptors (Lipinski definition) is 2. The van der Waals surface area contributed by atoms with Crippen LogP contribution < -0.4 is 0 Å². The van der Waals surface area contributed by atoms with Gasteiger partial charge in [0.2, 0.25) is 0 Å². The average molecular weight is 100 g/mol. The fraction of sp³-hybridized carbons (Fsp3) is 0.600. The van der Waals surface area contributed by atoms with Crippen LogP contribution in [0.5, 0.6) is 0 Å². The molecular weight excluding hydrogens is 92.1 g/mol. The SMILES string of the molecule is COC(O)=C1CC1. The molecule has 0 aliphatic heterocycles. The van der Waals surface area contributed by atoms with Crippen molar-refractivity contribution in [3.63, 3.8) is 0 Å². The highest BCUT2D eigenvalue weighted by molar-refractivity contribution is 5.16. The molecule has 2 heteroatoms. The predicted octanol–water partition coefficient (Wildman–Crippen LogP) is 1.20. The van der Waals surface area contributed by atoms with Gasteiger partial charge in [0.1, 0.15) is 0 Å². The Hall–Kier alpha value is -0.660. The second kappa shape index (κ2) is 1.45. The Morgan fingerprint density at radius 1 is 1.71 bits per heavy atom. The minimum Gasteiger partial charge on any atom is -0.481 e. The summed E-state index contributed by atoms with van der Waals surface area (Å²) in [5.74, 6) is 0.125. The highest BCUT2D eigenvalue weighted by atomic mass is 16.6. The Bertz CT molecular complexity index is 98.6. The van der Waals surface area contributed by atoms with Gasteiger partial charge in [0.05, 0.1) is 7.11 Å². The normalized spacial score (nSPS) is 16.4. The fourth-order valence-corrected chi connectivity index (χ4v) is 0.421. The molecule has 40 valence electrons. The Morgan fingerprint density at radius 3 is 2.43 bits per heavy atom. The van der Waals surface area contributed by atoms with Crippen molar-refractivity contribution in [3.8, 4) is 0 Å². The minimum absolute atomic E-state index is 0.125. The van der Waals surface area contributed by atoms with Crippen molar-refractivity contribution in [2.45, 2.75) is 12.8 Å². The first-order valence-corrected chi connectivity index (χ1v) is 2.29. The monoisotopic (exact) mass is 100 g/mol. The van der Waals surface area contributed by atoms with E-state index in [1.54, 1.807) is 0 Å². The summed E-state index contributed by atoms with van der Waals surface area (Å²) >= 11 is 0. The maximum Gasteiger partial charge on any atom is 0.275 e. The molecule has 0 aromatic heterocycles. The fourth-order valence-electron chi connectivity index (χ4n) is 0.421. The molecule has 1 rings (SSSR count). The van der Waals surface area contributed by atoms with Gasteiger partial charge in [-0.3, -0.25) is 0 Å². The largest absolute Gasteiger partial charge is 0.481 e. The molecule has 1 saturated carbocycles. The quantitative estimate of drug-likeness (QED) is 0.501. The molecule has 1 aliphatic carbocycles. The number of methoxy groups -OCH3 is 1. The van der Waals surface area contributed by atoms with Crippen molar-refractivity contribution < 1.29 is 9.84 Å². The van der Waals surface area contributed by atoms with Crippen LogP contribution in [0.25, 0.3) is 0 Å². The van der Waals surface area contributed by atoms with Gasteiger partial charge in [-0.1, -0.05) is 0 Å². The number of aliphatic hydroxyl groups is 1. The molecule has 0 aromatic carbocycles. The average Bonchev–Trinajstić information content (AvgIpc) is 2.44. The second-order valence-corrected chi connectivity index (χ2v) is 1.61. The summed E-state index contributed by atoms with van der Waals surface area (Å²) in [6.07, 6.45) is 2.03. The van der Waals surface area contributed by atoms with E-state index < -0.39 is 0 Å². The lowest BCUT2D eigenvalue weighted by Gasteiger charge is -1.91. The first-order chi connectivity index (χ1) is 3.34. The van der Waals surface area contributed by atoms with E-state index in [-0.39, 0.29) is 5.95 Å². The summed E-state index contributed by atoms with van der Waals surface area (Å²) in [4.78, 5) is 0. The number of ether oxygens (including phenoxy) is 1. The second-order valence-electron chi connectivity index (χ2n) is 1.61. The van der Waals surface area contributed by atoms with Crippen molar-refractivity contribution in [3.05, 3.63) is 11.5 Å². The van der Waals surface area contributed by atoms with Gasteiger partial charge >= 0.3 is 0 Å². The number of hydrogen-bond donors (Lipinski definition) is 1. The van der Waals surface area contributed by atoms with Crippen LogP contribution in [0.3, 0.4) is 0 Å². The summed E-state index contributed by atoms with van der Waals surface area (Å²) in [5.41, 5.74) is 1.04. The van der Waals surface area contributed by atoms with Gasteiger partial charge in [0, 0.05) is 5.57 Å². The molecule has 0 aromatic rings. The molecule has 0 atom stereocenters. The van der Waals surface area contributed by atoms with Crippen LogP contribution in [0.1, 0.15) is 12.8 Å². The molecule has 7 heavy (non-hydrogen) atoms. The zero-order valence-corrected chi connectivity index (χ0v) is 4.27. The Labute approximate surface area is 42.4 Å². The molecule has 1 fully saturated rings. The van der Waals surface area contributed by atoms with Crippen LogP contribution in [0.4, 0.5) is 0 Å². The van der Waals surface area contributed by atoms with Crippen molar-refractivity contribution in [1.82, 2.24) is 0 Å². The van der Waals surface area contributed by atoms with E-state index in [0.29, 0.717) is 0 Å². The van der Waals surface area contributed by atoms with Crippen molar-refractivity contribution >= 4 is 0 Å². The molecule has 2 nitrogen and oxygen atoms in total. The summed E-state index contributed by atoms with van der Waals surface area (Å²) in [6, 6.07) is 0. The van der Waals surface area contributed by atoms with Crippen LogP contribution in [0.2, 0.25) is 0 Å². The van der Waals surface area contributed by atoms with Gasteiger partial charge in [-0.05, 0) is 12.8 Å². The van der Waals surface area contributed by atoms with Crippen molar-refractivity contribution in [2.24, 2.45) is 0 Å². The number of aliphatic hydroxyl groups excluding tert-OH is 1. The lowest BCUT2D eigenvalue weighted by atomic mass is 10.6. The van der Waals surface area contributed by atoms with Gasteiger partial charge in [0.15, 0.2) is 0 Å². The van der Waals surface area contributed by atoms with E-state index in [4.69, 9.17) is 5.11 Å². The molecule has 0 spiro atoms. The van der Waals surface area contributed by atoms with Gasteiger partial charge in [-0.15, -0.1) is 0 Å². The summed E-state index contributed by atoms with van der Waals surface area (Å²) in [7, 11) is 1.47. The van der Waals surface area contributed by atoms with E-state index in [1.807, 2.05) is 0 Å². The summed E-state index contributed by atoms with van der Waals surface area (Å²) in [5, 5.41) is 8.66. The van der Waals surface area contributed by atoms with Gasteiger partial charge < -0.3 is 9.84 Å². The van der Waals surface area contributed by atoms with E-state index in [9.17, 15) is 0 Å². The zero-order chi connectivity index (χ0) is 5.28. The van der Waals surface area contributed by atoms with Gasteiger partial charge in [-0.2, -0.15) is 0 Å². The zero-order valence-electron chi connectivity index (χ0n) is 4.27. The molecular formula is C5H8O2. The molecule has 0 amide bonds. The van der Waals surface area contributed by atoms with Gasteiger partial charge in [-0.25, -0.2) is 0 Å². The van der Waals surface area contributed by atoms with Gasteiger partial charge in [0.25, 0.3) is 5.95 Å². The van der Waals surface area contributed by atoms with Crippen LogP contribution in [-0.4, -0.2) is 12.2 Å². The Balaban J connectivity index is 2.49.